The van der Waals surface area contributed by atoms with Gasteiger partial charge in [-0.25, -0.2) is 0 Å². The van der Waals surface area contributed by atoms with E-state index in [1.165, 1.54) is 15.8 Å². The van der Waals surface area contributed by atoms with Gasteiger partial charge in [0.15, 0.2) is 0 Å². The Labute approximate surface area is 92.0 Å². The Kier molecular flexibility index (Phi) is 3.44. The van der Waals surface area contributed by atoms with Gasteiger partial charge in [-0.2, -0.15) is 0 Å². The van der Waals surface area contributed by atoms with Crippen LogP contribution in [-0.4, -0.2) is 45.9 Å². The number of hydrogen-bond acceptors (Lipinski definition) is 5. The molecule has 1 aromatic heterocycles. The summed E-state index contributed by atoms with van der Waals surface area (Å²) in [6.45, 7) is -0.00657. The first-order chi connectivity index (χ1) is 7.43. The SMILES string of the molecule is CN(C)C(=O)CNc1c([N+](=O)[O-])ncn1C. The third-order valence-corrected chi connectivity index (χ3v) is 2.00. The molecular formula is C8H13N5O3. The van der Waals surface area contributed by atoms with E-state index in [9.17, 15) is 14.9 Å². The zero-order valence-corrected chi connectivity index (χ0v) is 9.30. The molecule has 1 heterocycles. The van der Waals surface area contributed by atoms with Gasteiger partial charge in [-0.3, -0.25) is 9.36 Å². The first kappa shape index (κ1) is 12.0. The molecular weight excluding hydrogens is 214 g/mol. The minimum atomic E-state index is -0.595. The number of aromatic nitrogens is 2. The minimum Gasteiger partial charge on any atom is -0.358 e. The lowest BCUT2D eigenvalue weighted by atomic mass is 10.5. The van der Waals surface area contributed by atoms with Crippen molar-refractivity contribution in [1.29, 1.82) is 0 Å². The van der Waals surface area contributed by atoms with Crippen LogP contribution in [0.3, 0.4) is 0 Å². The summed E-state index contributed by atoms with van der Waals surface area (Å²) >= 11 is 0. The average molecular weight is 227 g/mol. The summed E-state index contributed by atoms with van der Waals surface area (Å²) in [5, 5.41) is 13.3. The van der Waals surface area contributed by atoms with Gasteiger partial charge in [0.2, 0.25) is 18.1 Å². The number of rotatable bonds is 4. The minimum absolute atomic E-state index is 0.00657. The quantitative estimate of drug-likeness (QED) is 0.569. The molecule has 0 fully saturated rings. The number of anilines is 1. The molecule has 0 aromatic carbocycles. The monoisotopic (exact) mass is 227 g/mol. The molecule has 0 atom stereocenters. The first-order valence-corrected chi connectivity index (χ1v) is 4.53. The molecule has 0 spiro atoms. The number of likely N-dealkylation sites (N-methyl/N-ethyl adjacent to an activating group) is 1. The summed E-state index contributed by atoms with van der Waals surface area (Å²) in [6, 6.07) is 0. The van der Waals surface area contributed by atoms with Gasteiger partial charge in [0.1, 0.15) is 0 Å². The van der Waals surface area contributed by atoms with E-state index in [1.54, 1.807) is 21.1 Å². The van der Waals surface area contributed by atoms with Crippen molar-refractivity contribution in [3.8, 4) is 0 Å². The molecule has 16 heavy (non-hydrogen) atoms. The van der Waals surface area contributed by atoms with Crippen LogP contribution < -0.4 is 5.32 Å². The normalized spacial score (nSPS) is 9.94. The number of imidazole rings is 1. The molecule has 0 aliphatic carbocycles. The van der Waals surface area contributed by atoms with Crippen molar-refractivity contribution in [3.63, 3.8) is 0 Å². The van der Waals surface area contributed by atoms with Crippen LogP contribution in [0.1, 0.15) is 0 Å². The predicted octanol–water partition coefficient (Wildman–Crippen LogP) is -0.172. The van der Waals surface area contributed by atoms with Gasteiger partial charge in [-0.15, -0.1) is 0 Å². The molecule has 1 N–H and O–H groups in total. The topological polar surface area (TPSA) is 93.3 Å². The van der Waals surface area contributed by atoms with Gasteiger partial charge < -0.3 is 20.3 Å². The lowest BCUT2D eigenvalue weighted by Gasteiger charge is -2.11. The van der Waals surface area contributed by atoms with Crippen LogP contribution in [0.15, 0.2) is 6.33 Å². The fourth-order valence-electron chi connectivity index (χ4n) is 1.07. The molecule has 0 bridgehead atoms. The lowest BCUT2D eigenvalue weighted by Crippen LogP contribution is -2.29. The van der Waals surface area contributed by atoms with E-state index in [0.29, 0.717) is 0 Å². The molecule has 1 aromatic rings. The largest absolute Gasteiger partial charge is 0.406 e. The maximum atomic E-state index is 11.3. The highest BCUT2D eigenvalue weighted by Crippen LogP contribution is 2.20. The van der Waals surface area contributed by atoms with Gasteiger partial charge >= 0.3 is 5.82 Å². The third kappa shape index (κ3) is 2.47. The second-order valence-electron chi connectivity index (χ2n) is 3.43. The molecule has 8 heteroatoms. The molecule has 0 aliphatic rings. The van der Waals surface area contributed by atoms with Crippen LogP contribution in [0, 0.1) is 10.1 Å². The van der Waals surface area contributed by atoms with E-state index in [0.717, 1.165) is 0 Å². The smallest absolute Gasteiger partial charge is 0.358 e. The highest BCUT2D eigenvalue weighted by Gasteiger charge is 2.20. The molecule has 0 saturated heterocycles. The summed E-state index contributed by atoms with van der Waals surface area (Å²) in [6.07, 6.45) is 1.32. The summed E-state index contributed by atoms with van der Waals surface area (Å²) in [5.41, 5.74) is 0. The first-order valence-electron chi connectivity index (χ1n) is 4.53. The summed E-state index contributed by atoms with van der Waals surface area (Å²) < 4.78 is 1.46. The number of amides is 1. The van der Waals surface area contributed by atoms with Crippen LogP contribution in [0.2, 0.25) is 0 Å². The van der Waals surface area contributed by atoms with Crippen LogP contribution in [-0.2, 0) is 11.8 Å². The van der Waals surface area contributed by atoms with Crippen molar-refractivity contribution in [2.45, 2.75) is 0 Å². The number of hydrogen-bond donors (Lipinski definition) is 1. The average Bonchev–Trinajstić information content (AvgIpc) is 2.56. The molecule has 0 radical (unpaired) electrons. The zero-order chi connectivity index (χ0) is 12.3. The van der Waals surface area contributed by atoms with Crippen molar-refractivity contribution < 1.29 is 9.72 Å². The molecule has 88 valence electrons. The van der Waals surface area contributed by atoms with Crippen molar-refractivity contribution in [1.82, 2.24) is 14.5 Å². The van der Waals surface area contributed by atoms with Gasteiger partial charge in [0, 0.05) is 21.1 Å². The Bertz CT molecular complexity index is 412. The molecule has 1 rings (SSSR count). The molecule has 1 amide bonds. The number of carbonyl (C=O) groups excluding carboxylic acids is 1. The summed E-state index contributed by atoms with van der Waals surface area (Å²) in [5.74, 6) is -0.232. The Balaban J connectivity index is 2.77. The van der Waals surface area contributed by atoms with Crippen LogP contribution >= 0.6 is 0 Å². The van der Waals surface area contributed by atoms with E-state index in [2.05, 4.69) is 10.3 Å². The van der Waals surface area contributed by atoms with Gasteiger partial charge in [0.25, 0.3) is 0 Å². The number of aryl methyl sites for hydroxylation is 1. The second kappa shape index (κ2) is 4.60. The standard InChI is InChI=1S/C8H13N5O3/c1-11(2)6(14)4-9-7-8(13(15)16)10-5-12(7)3/h5,9H,4H2,1-3H3. The Morgan fingerprint density at radius 2 is 2.31 bits per heavy atom. The summed E-state index contributed by atoms with van der Waals surface area (Å²) in [7, 11) is 4.84. The summed E-state index contributed by atoms with van der Waals surface area (Å²) in [4.78, 5) is 26.3. The fourth-order valence-corrected chi connectivity index (χ4v) is 1.07. The number of carbonyl (C=O) groups is 1. The number of nitro groups is 1. The van der Waals surface area contributed by atoms with Crippen molar-refractivity contribution in [2.24, 2.45) is 7.05 Å². The predicted molar refractivity (Wildman–Crippen MR) is 57.0 cm³/mol. The van der Waals surface area contributed by atoms with Gasteiger partial charge in [-0.1, -0.05) is 0 Å². The van der Waals surface area contributed by atoms with Crippen LogP contribution in [0.5, 0.6) is 0 Å². The van der Waals surface area contributed by atoms with E-state index in [-0.39, 0.29) is 24.1 Å². The highest BCUT2D eigenvalue weighted by atomic mass is 16.6. The number of nitrogens with zero attached hydrogens (tertiary/aromatic N) is 4. The van der Waals surface area contributed by atoms with Crippen molar-refractivity contribution >= 4 is 17.5 Å². The molecule has 0 unspecified atom stereocenters. The van der Waals surface area contributed by atoms with E-state index in [4.69, 9.17) is 0 Å². The van der Waals surface area contributed by atoms with E-state index < -0.39 is 4.92 Å². The number of nitrogens with one attached hydrogen (secondary N) is 1. The Morgan fingerprint density at radius 3 is 2.81 bits per heavy atom. The maximum Gasteiger partial charge on any atom is 0.406 e. The van der Waals surface area contributed by atoms with Gasteiger partial charge in [-0.05, 0) is 9.91 Å². The second-order valence-corrected chi connectivity index (χ2v) is 3.43. The zero-order valence-electron chi connectivity index (χ0n) is 9.30. The molecule has 8 nitrogen and oxygen atoms in total. The Morgan fingerprint density at radius 1 is 1.69 bits per heavy atom. The third-order valence-electron chi connectivity index (χ3n) is 2.00. The highest BCUT2D eigenvalue weighted by molar-refractivity contribution is 5.80. The molecule has 0 saturated carbocycles. The Hall–Kier alpha value is -2.12. The van der Waals surface area contributed by atoms with E-state index >= 15 is 0 Å². The van der Waals surface area contributed by atoms with Crippen LogP contribution in [0.4, 0.5) is 11.6 Å². The van der Waals surface area contributed by atoms with Crippen molar-refractivity contribution in [3.05, 3.63) is 16.4 Å². The lowest BCUT2D eigenvalue weighted by molar-refractivity contribution is -0.388. The van der Waals surface area contributed by atoms with E-state index in [1.807, 2.05) is 0 Å². The van der Waals surface area contributed by atoms with Crippen molar-refractivity contribution in [2.75, 3.05) is 26.0 Å². The van der Waals surface area contributed by atoms with Gasteiger partial charge in [0.05, 0.1) is 6.54 Å². The van der Waals surface area contributed by atoms with Crippen LogP contribution in [0.25, 0.3) is 0 Å². The molecule has 0 aliphatic heterocycles. The maximum absolute atomic E-state index is 11.3. The fraction of sp³-hybridized carbons (Fsp3) is 0.500.